The van der Waals surface area contributed by atoms with Crippen molar-refractivity contribution in [3.8, 4) is 17.1 Å². The second kappa shape index (κ2) is 13.6. The maximum atomic E-state index is 6.65. The van der Waals surface area contributed by atoms with E-state index in [0.29, 0.717) is 0 Å². The van der Waals surface area contributed by atoms with Crippen LogP contribution in [0.5, 0.6) is 0 Å². The summed E-state index contributed by atoms with van der Waals surface area (Å²) in [6.45, 7) is 11.7. The summed E-state index contributed by atoms with van der Waals surface area (Å²) in [6.07, 6.45) is 0. The molecular formula is C61H47N3O. The molecule has 4 heterocycles. The van der Waals surface area contributed by atoms with Gasteiger partial charge in [0, 0.05) is 54.1 Å². The van der Waals surface area contributed by atoms with E-state index in [1.807, 2.05) is 0 Å². The van der Waals surface area contributed by atoms with Crippen molar-refractivity contribution in [2.75, 3.05) is 0 Å². The highest BCUT2D eigenvalue weighted by Crippen LogP contribution is 2.45. The number of rotatable bonds is 5. The van der Waals surface area contributed by atoms with Gasteiger partial charge in [-0.1, -0.05) is 168 Å². The fourth-order valence-corrected chi connectivity index (χ4v) is 11.1. The number of fused-ring (bicyclic) bond motifs is 12. The van der Waals surface area contributed by atoms with Gasteiger partial charge in [-0.25, -0.2) is 0 Å². The summed E-state index contributed by atoms with van der Waals surface area (Å²) < 4.78 is 14.1. The molecular weight excluding hydrogens is 791 g/mol. The Hall–Kier alpha value is -7.82. The van der Waals surface area contributed by atoms with Crippen LogP contribution < -0.4 is 0 Å². The van der Waals surface area contributed by atoms with Gasteiger partial charge in [0.05, 0.1) is 50.2 Å². The predicted molar refractivity (Wildman–Crippen MR) is 274 cm³/mol. The molecule has 0 radical (unpaired) electrons. The zero-order chi connectivity index (χ0) is 43.8. The summed E-state index contributed by atoms with van der Waals surface area (Å²) in [5.41, 5.74) is 15.6. The van der Waals surface area contributed by atoms with E-state index in [1.165, 1.54) is 82.1 Å². The monoisotopic (exact) mass is 837 g/mol. The van der Waals surface area contributed by atoms with Crippen LogP contribution in [0.25, 0.3) is 104 Å². The number of para-hydroxylation sites is 7. The highest BCUT2D eigenvalue weighted by Gasteiger charge is 2.30. The second-order valence-electron chi connectivity index (χ2n) is 19.4. The van der Waals surface area contributed by atoms with Crippen molar-refractivity contribution in [1.29, 1.82) is 0 Å². The van der Waals surface area contributed by atoms with E-state index in [4.69, 9.17) is 4.42 Å². The second-order valence-corrected chi connectivity index (χ2v) is 19.4. The molecule has 0 unspecified atom stereocenters. The summed E-state index contributed by atoms with van der Waals surface area (Å²) >= 11 is 0. The summed E-state index contributed by atoms with van der Waals surface area (Å²) in [4.78, 5) is 0. The number of nitrogens with zero attached hydrogens (tertiary/aromatic N) is 3. The Morgan fingerprint density at radius 1 is 0.338 bits per heavy atom. The SMILES string of the molecule is CC(C)(C)c1cccc2c3cc(C(C)(C)c4cccc5c4oc4ccccc45)ccc3n(-c3cc(-n4c5ccccc5c5ccccc54)cc(-n4c5ccccc5c5ccccc54)c3)c12. The van der Waals surface area contributed by atoms with E-state index in [0.717, 1.165) is 39.0 Å². The normalized spacial score (nSPS) is 12.7. The Morgan fingerprint density at radius 3 is 1.31 bits per heavy atom. The van der Waals surface area contributed by atoms with E-state index in [1.54, 1.807) is 0 Å². The fourth-order valence-electron chi connectivity index (χ4n) is 11.1. The molecule has 0 saturated carbocycles. The molecule has 0 N–H and O–H groups in total. The van der Waals surface area contributed by atoms with Crippen LogP contribution >= 0.6 is 0 Å². The quantitative estimate of drug-likeness (QED) is 0.170. The lowest BCUT2D eigenvalue weighted by Crippen LogP contribution is -2.19. The van der Waals surface area contributed by atoms with Gasteiger partial charge >= 0.3 is 0 Å². The molecule has 0 spiro atoms. The smallest absolute Gasteiger partial charge is 0.139 e. The van der Waals surface area contributed by atoms with Crippen LogP contribution in [0.2, 0.25) is 0 Å². The number of furan rings is 1. The minimum Gasteiger partial charge on any atom is -0.456 e. The number of hydrogen-bond donors (Lipinski definition) is 0. The van der Waals surface area contributed by atoms with E-state index in [2.05, 4.69) is 242 Å². The molecule has 13 rings (SSSR count). The molecule has 4 nitrogen and oxygen atoms in total. The summed E-state index contributed by atoms with van der Waals surface area (Å²) in [6, 6.07) is 71.5. The topological polar surface area (TPSA) is 27.9 Å². The van der Waals surface area contributed by atoms with Crippen molar-refractivity contribution >= 4 is 87.4 Å². The maximum absolute atomic E-state index is 6.65. The first kappa shape index (κ1) is 37.7. The third-order valence-electron chi connectivity index (χ3n) is 14.2. The van der Waals surface area contributed by atoms with Gasteiger partial charge in [0.25, 0.3) is 0 Å². The molecule has 4 aromatic heterocycles. The van der Waals surface area contributed by atoms with Crippen LogP contribution in [-0.2, 0) is 10.8 Å². The molecule has 4 heteroatoms. The van der Waals surface area contributed by atoms with Crippen LogP contribution in [0.15, 0.2) is 199 Å². The molecule has 0 amide bonds. The largest absolute Gasteiger partial charge is 0.456 e. The van der Waals surface area contributed by atoms with Gasteiger partial charge in [-0.15, -0.1) is 0 Å². The zero-order valence-corrected chi connectivity index (χ0v) is 37.2. The van der Waals surface area contributed by atoms with Gasteiger partial charge in [0.15, 0.2) is 0 Å². The molecule has 0 aliphatic rings. The lowest BCUT2D eigenvalue weighted by molar-refractivity contribution is 0.594. The average molecular weight is 838 g/mol. The van der Waals surface area contributed by atoms with Gasteiger partial charge in [-0.3, -0.25) is 0 Å². The number of hydrogen-bond acceptors (Lipinski definition) is 1. The predicted octanol–water partition coefficient (Wildman–Crippen LogP) is 16.5. The van der Waals surface area contributed by atoms with E-state index in [9.17, 15) is 0 Å². The maximum Gasteiger partial charge on any atom is 0.139 e. The van der Waals surface area contributed by atoms with E-state index >= 15 is 0 Å². The Morgan fingerprint density at radius 2 is 0.769 bits per heavy atom. The summed E-state index contributed by atoms with van der Waals surface area (Å²) in [5.74, 6) is 0. The highest BCUT2D eigenvalue weighted by atomic mass is 16.3. The lowest BCUT2D eigenvalue weighted by atomic mass is 9.77. The Balaban J connectivity index is 1.13. The summed E-state index contributed by atoms with van der Waals surface area (Å²) in [5, 5.41) is 9.75. The van der Waals surface area contributed by atoms with Crippen molar-refractivity contribution in [2.24, 2.45) is 0 Å². The fraction of sp³-hybridized carbons (Fsp3) is 0.115. The number of aromatic nitrogens is 3. The van der Waals surface area contributed by atoms with Gasteiger partial charge in [-0.2, -0.15) is 0 Å². The van der Waals surface area contributed by atoms with Crippen molar-refractivity contribution in [2.45, 2.75) is 45.4 Å². The van der Waals surface area contributed by atoms with Crippen LogP contribution in [0.4, 0.5) is 0 Å². The molecule has 0 bridgehead atoms. The minimum absolute atomic E-state index is 0.134. The first-order valence-corrected chi connectivity index (χ1v) is 22.8. The molecule has 13 aromatic rings. The molecule has 0 atom stereocenters. The third kappa shape index (κ3) is 5.44. The average Bonchev–Trinajstić information content (AvgIpc) is 4.07. The van der Waals surface area contributed by atoms with Crippen LogP contribution in [0.1, 0.15) is 51.3 Å². The molecule has 65 heavy (non-hydrogen) atoms. The van der Waals surface area contributed by atoms with Gasteiger partial charge < -0.3 is 18.1 Å². The van der Waals surface area contributed by atoms with Crippen LogP contribution in [-0.4, -0.2) is 13.7 Å². The van der Waals surface area contributed by atoms with Gasteiger partial charge in [0.1, 0.15) is 11.2 Å². The Labute approximate surface area is 377 Å². The number of benzene rings is 9. The summed E-state index contributed by atoms with van der Waals surface area (Å²) in [7, 11) is 0. The molecule has 0 saturated heterocycles. The van der Waals surface area contributed by atoms with Crippen molar-refractivity contribution in [3.63, 3.8) is 0 Å². The zero-order valence-electron chi connectivity index (χ0n) is 37.2. The third-order valence-corrected chi connectivity index (χ3v) is 14.2. The first-order valence-electron chi connectivity index (χ1n) is 22.8. The minimum atomic E-state index is -0.363. The Bertz CT molecular complexity index is 3850. The van der Waals surface area contributed by atoms with Gasteiger partial charge in [-0.05, 0) is 77.2 Å². The standard InChI is InChI=1S/C61H47N3O/c1-60(2,3)50-25-16-23-47-49-34-38(61(4,5)51-26-17-24-48-46-22-10-15-31-57(46)65-59(48)51)32-33-56(49)64(58(47)50)41-36-39(62-52-27-11-6-18-42(52)43-19-7-12-28-53(43)62)35-40(37-41)63-54-29-13-8-20-44(54)45-21-9-14-30-55(45)63/h6-37H,1-5H3. The van der Waals surface area contributed by atoms with Crippen molar-refractivity contribution in [1.82, 2.24) is 13.7 Å². The molecule has 0 fully saturated rings. The van der Waals surface area contributed by atoms with Crippen LogP contribution in [0.3, 0.4) is 0 Å². The first-order chi connectivity index (χ1) is 31.6. The molecule has 0 aliphatic heterocycles. The van der Waals surface area contributed by atoms with Crippen molar-refractivity contribution < 1.29 is 4.42 Å². The Kier molecular flexibility index (Phi) is 7.89. The molecule has 312 valence electrons. The lowest BCUT2D eigenvalue weighted by Gasteiger charge is -2.26. The van der Waals surface area contributed by atoms with Gasteiger partial charge in [0.2, 0.25) is 0 Å². The van der Waals surface area contributed by atoms with E-state index < -0.39 is 0 Å². The highest BCUT2D eigenvalue weighted by molar-refractivity contribution is 6.13. The van der Waals surface area contributed by atoms with Crippen LogP contribution in [0, 0.1) is 0 Å². The van der Waals surface area contributed by atoms with E-state index in [-0.39, 0.29) is 10.8 Å². The molecule has 0 aliphatic carbocycles. The van der Waals surface area contributed by atoms with Crippen molar-refractivity contribution in [3.05, 3.63) is 211 Å². The molecule has 9 aromatic carbocycles.